The van der Waals surface area contributed by atoms with E-state index in [-0.39, 0.29) is 5.54 Å². The Labute approximate surface area is 179 Å². The van der Waals surface area contributed by atoms with Gasteiger partial charge in [0.25, 0.3) is 0 Å². The van der Waals surface area contributed by atoms with Crippen molar-refractivity contribution in [2.24, 2.45) is 0 Å². The summed E-state index contributed by atoms with van der Waals surface area (Å²) >= 11 is 0. The predicted molar refractivity (Wildman–Crippen MR) is 127 cm³/mol. The van der Waals surface area contributed by atoms with Crippen molar-refractivity contribution in [2.75, 3.05) is 0 Å². The van der Waals surface area contributed by atoms with Crippen molar-refractivity contribution < 1.29 is 0 Å². The fourth-order valence-corrected chi connectivity index (χ4v) is 5.10. The van der Waals surface area contributed by atoms with Gasteiger partial charge in [0.2, 0.25) is 0 Å². The first kappa shape index (κ1) is 19.1. The second-order valence-electron chi connectivity index (χ2n) is 8.52. The molecule has 0 spiro atoms. The number of hydrogen-bond acceptors (Lipinski definition) is 1. The SMILES string of the molecule is c1ccc(C(NC2CCCCC2)(c2ccccc2)c2ccc3ccccc3c2)cc1. The zero-order chi connectivity index (χ0) is 20.2. The summed E-state index contributed by atoms with van der Waals surface area (Å²) in [6.45, 7) is 0. The third-order valence-electron chi connectivity index (χ3n) is 6.62. The van der Waals surface area contributed by atoms with Gasteiger partial charge in [0.1, 0.15) is 0 Å². The maximum Gasteiger partial charge on any atom is 0.0950 e. The summed E-state index contributed by atoms with van der Waals surface area (Å²) in [5.74, 6) is 0. The molecule has 0 saturated heterocycles. The van der Waals surface area contributed by atoms with E-state index >= 15 is 0 Å². The molecule has 0 heterocycles. The van der Waals surface area contributed by atoms with E-state index in [1.165, 1.54) is 59.6 Å². The molecule has 1 saturated carbocycles. The van der Waals surface area contributed by atoms with Crippen LogP contribution in [0.5, 0.6) is 0 Å². The highest BCUT2D eigenvalue weighted by Crippen LogP contribution is 2.39. The topological polar surface area (TPSA) is 12.0 Å². The Balaban J connectivity index is 1.75. The van der Waals surface area contributed by atoms with Crippen LogP contribution >= 0.6 is 0 Å². The molecule has 1 N–H and O–H groups in total. The second kappa shape index (κ2) is 8.45. The molecule has 1 heteroatoms. The standard InChI is InChI=1S/C29H29N/c1-4-14-25(15-5-1)29(26-16-6-2-7-17-26,30-28-18-8-3-9-19-28)27-21-20-23-12-10-11-13-24(23)22-27/h1-2,4-7,10-17,20-22,28,30H,3,8-9,18-19H2. The molecule has 4 aromatic rings. The molecule has 0 amide bonds. The minimum Gasteiger partial charge on any atom is -0.297 e. The van der Waals surface area contributed by atoms with Gasteiger partial charge in [0.05, 0.1) is 5.54 Å². The van der Waals surface area contributed by atoms with Crippen LogP contribution in [0.3, 0.4) is 0 Å². The number of fused-ring (bicyclic) bond motifs is 1. The van der Waals surface area contributed by atoms with Crippen LogP contribution in [0.4, 0.5) is 0 Å². The van der Waals surface area contributed by atoms with Gasteiger partial charge in [-0.3, -0.25) is 5.32 Å². The van der Waals surface area contributed by atoms with Gasteiger partial charge in [0.15, 0.2) is 0 Å². The smallest absolute Gasteiger partial charge is 0.0950 e. The van der Waals surface area contributed by atoms with Crippen LogP contribution < -0.4 is 5.32 Å². The van der Waals surface area contributed by atoms with Crippen molar-refractivity contribution in [3.05, 3.63) is 120 Å². The molecule has 30 heavy (non-hydrogen) atoms. The normalized spacial score (nSPS) is 15.3. The summed E-state index contributed by atoms with van der Waals surface area (Å²) in [6, 6.07) is 38.1. The second-order valence-corrected chi connectivity index (χ2v) is 8.52. The average molecular weight is 392 g/mol. The molecule has 1 aliphatic rings. The maximum atomic E-state index is 4.18. The molecule has 5 rings (SSSR count). The van der Waals surface area contributed by atoms with Gasteiger partial charge >= 0.3 is 0 Å². The predicted octanol–water partition coefficient (Wildman–Crippen LogP) is 7.05. The molecule has 0 aromatic heterocycles. The Morgan fingerprint density at radius 3 is 1.73 bits per heavy atom. The Hall–Kier alpha value is -2.90. The van der Waals surface area contributed by atoms with Crippen LogP contribution in [0.2, 0.25) is 0 Å². The van der Waals surface area contributed by atoms with Crippen molar-refractivity contribution >= 4 is 10.8 Å². The minimum absolute atomic E-state index is 0.367. The largest absolute Gasteiger partial charge is 0.297 e. The number of nitrogens with one attached hydrogen (secondary N) is 1. The van der Waals surface area contributed by atoms with Gasteiger partial charge in [-0.05, 0) is 46.4 Å². The Bertz CT molecular complexity index is 1060. The van der Waals surface area contributed by atoms with E-state index in [1.807, 2.05) is 0 Å². The molecule has 4 aromatic carbocycles. The van der Waals surface area contributed by atoms with Crippen molar-refractivity contribution in [1.29, 1.82) is 0 Å². The van der Waals surface area contributed by atoms with Crippen LogP contribution in [-0.2, 0) is 5.54 Å². The van der Waals surface area contributed by atoms with Crippen LogP contribution in [0.25, 0.3) is 10.8 Å². The van der Waals surface area contributed by atoms with E-state index < -0.39 is 0 Å². The van der Waals surface area contributed by atoms with Gasteiger partial charge in [-0.2, -0.15) is 0 Å². The first-order valence-corrected chi connectivity index (χ1v) is 11.2. The highest BCUT2D eigenvalue weighted by molar-refractivity contribution is 5.83. The number of hydrogen-bond donors (Lipinski definition) is 1. The fraction of sp³-hybridized carbons (Fsp3) is 0.241. The van der Waals surface area contributed by atoms with E-state index in [0.29, 0.717) is 6.04 Å². The van der Waals surface area contributed by atoms with E-state index in [9.17, 15) is 0 Å². The van der Waals surface area contributed by atoms with Gasteiger partial charge in [-0.1, -0.05) is 116 Å². The lowest BCUT2D eigenvalue weighted by atomic mass is 9.75. The molecule has 150 valence electrons. The summed E-state index contributed by atoms with van der Waals surface area (Å²) in [5.41, 5.74) is 3.55. The third-order valence-corrected chi connectivity index (χ3v) is 6.62. The van der Waals surface area contributed by atoms with Crippen LogP contribution in [-0.4, -0.2) is 6.04 Å². The highest BCUT2D eigenvalue weighted by atomic mass is 15.0. The average Bonchev–Trinajstić information content (AvgIpc) is 2.84. The monoisotopic (exact) mass is 391 g/mol. The van der Waals surface area contributed by atoms with Gasteiger partial charge < -0.3 is 0 Å². The molecule has 1 aliphatic carbocycles. The maximum absolute atomic E-state index is 4.18. The highest BCUT2D eigenvalue weighted by Gasteiger charge is 2.38. The first-order chi connectivity index (χ1) is 14.9. The summed E-state index contributed by atoms with van der Waals surface area (Å²) < 4.78 is 0. The third kappa shape index (κ3) is 3.55. The molecule has 0 atom stereocenters. The Morgan fingerprint density at radius 2 is 1.10 bits per heavy atom. The summed E-state index contributed by atoms with van der Waals surface area (Å²) in [4.78, 5) is 0. The van der Waals surface area contributed by atoms with Crippen LogP contribution in [0, 0.1) is 0 Å². The van der Waals surface area contributed by atoms with Crippen molar-refractivity contribution in [2.45, 2.75) is 43.7 Å². The Morgan fingerprint density at radius 1 is 0.533 bits per heavy atom. The van der Waals surface area contributed by atoms with Crippen molar-refractivity contribution in [1.82, 2.24) is 5.32 Å². The molecular weight excluding hydrogens is 362 g/mol. The molecule has 1 fully saturated rings. The summed E-state index contributed by atoms with van der Waals surface area (Å²) in [6.07, 6.45) is 6.48. The quantitative estimate of drug-likeness (QED) is 0.359. The molecule has 1 nitrogen and oxygen atoms in total. The van der Waals surface area contributed by atoms with Crippen molar-refractivity contribution in [3.63, 3.8) is 0 Å². The van der Waals surface area contributed by atoms with E-state index in [0.717, 1.165) is 0 Å². The molecule has 0 bridgehead atoms. The fourth-order valence-electron chi connectivity index (χ4n) is 5.10. The van der Waals surface area contributed by atoms with Gasteiger partial charge in [-0.15, -0.1) is 0 Å². The molecule has 0 aliphatic heterocycles. The van der Waals surface area contributed by atoms with Gasteiger partial charge in [-0.25, -0.2) is 0 Å². The van der Waals surface area contributed by atoms with E-state index in [2.05, 4.69) is 108 Å². The summed E-state index contributed by atoms with van der Waals surface area (Å²) in [7, 11) is 0. The van der Waals surface area contributed by atoms with Crippen LogP contribution in [0.15, 0.2) is 103 Å². The first-order valence-electron chi connectivity index (χ1n) is 11.2. The van der Waals surface area contributed by atoms with Crippen molar-refractivity contribution in [3.8, 4) is 0 Å². The van der Waals surface area contributed by atoms with E-state index in [4.69, 9.17) is 0 Å². The lowest BCUT2D eigenvalue weighted by Crippen LogP contribution is -2.50. The molecular formula is C29H29N. The Kier molecular flexibility index (Phi) is 5.38. The minimum atomic E-state index is -0.367. The lowest BCUT2D eigenvalue weighted by molar-refractivity contribution is 0.313. The molecule has 0 radical (unpaired) electrons. The zero-order valence-electron chi connectivity index (χ0n) is 17.4. The van der Waals surface area contributed by atoms with Crippen LogP contribution in [0.1, 0.15) is 48.8 Å². The lowest BCUT2D eigenvalue weighted by Gasteiger charge is -2.41. The number of benzene rings is 4. The molecule has 0 unspecified atom stereocenters. The zero-order valence-corrected chi connectivity index (χ0v) is 17.4. The number of rotatable bonds is 5. The summed E-state index contributed by atoms with van der Waals surface area (Å²) in [5, 5.41) is 6.76. The van der Waals surface area contributed by atoms with Gasteiger partial charge in [0, 0.05) is 6.04 Å². The van der Waals surface area contributed by atoms with E-state index in [1.54, 1.807) is 0 Å².